The molecule has 28 heavy (non-hydrogen) atoms. The van der Waals surface area contributed by atoms with Crippen LogP contribution in [-0.2, 0) is 9.47 Å². The molecule has 1 saturated carbocycles. The Kier molecular flexibility index (Phi) is 4.78. The van der Waals surface area contributed by atoms with Crippen molar-refractivity contribution < 1.29 is 14.3 Å². The van der Waals surface area contributed by atoms with Gasteiger partial charge in [-0.25, -0.2) is 4.79 Å². The van der Waals surface area contributed by atoms with Crippen LogP contribution in [-0.4, -0.2) is 18.2 Å². The van der Waals surface area contributed by atoms with E-state index >= 15 is 0 Å². The molecule has 3 nitrogen and oxygen atoms in total. The van der Waals surface area contributed by atoms with E-state index < -0.39 is 0 Å². The van der Waals surface area contributed by atoms with E-state index in [1.165, 1.54) is 0 Å². The van der Waals surface area contributed by atoms with Gasteiger partial charge >= 0.3 is 5.97 Å². The van der Waals surface area contributed by atoms with Crippen LogP contribution in [0.15, 0.2) is 66.9 Å². The van der Waals surface area contributed by atoms with Gasteiger partial charge < -0.3 is 9.47 Å². The van der Waals surface area contributed by atoms with Crippen molar-refractivity contribution in [1.82, 2.24) is 0 Å². The molecule has 4 rings (SSSR count). The van der Waals surface area contributed by atoms with Gasteiger partial charge in [0.25, 0.3) is 0 Å². The van der Waals surface area contributed by atoms with Crippen molar-refractivity contribution >= 4 is 5.97 Å². The first-order chi connectivity index (χ1) is 13.3. The fourth-order valence-electron chi connectivity index (χ4n) is 4.93. The van der Waals surface area contributed by atoms with Crippen LogP contribution in [0.2, 0.25) is 0 Å². The standard InChI is InChI=1S/C25H28O3/c1-16-14-20-21(27-16)15-22(23(20)25(2,3)4)28-24(26)19-12-10-18(11-13-19)17-8-6-5-7-9-17/h5-13,20-23H,1,14-15H2,2-4H3/t20-,21-,22+,23+/m0/s1. The molecule has 1 aliphatic heterocycles. The summed E-state index contributed by atoms with van der Waals surface area (Å²) in [5.74, 6) is 1.26. The van der Waals surface area contributed by atoms with Crippen LogP contribution < -0.4 is 0 Å². The molecule has 146 valence electrons. The number of carbonyl (C=O) groups excluding carboxylic acids is 1. The minimum atomic E-state index is -0.252. The van der Waals surface area contributed by atoms with Crippen LogP contribution in [0, 0.1) is 17.3 Å². The molecule has 0 unspecified atom stereocenters. The number of benzene rings is 2. The summed E-state index contributed by atoms with van der Waals surface area (Å²) >= 11 is 0. The Balaban J connectivity index is 1.49. The van der Waals surface area contributed by atoms with E-state index in [1.54, 1.807) is 0 Å². The zero-order valence-corrected chi connectivity index (χ0v) is 16.9. The predicted molar refractivity (Wildman–Crippen MR) is 111 cm³/mol. The lowest BCUT2D eigenvalue weighted by Crippen LogP contribution is -2.35. The number of carbonyl (C=O) groups is 1. The maximum Gasteiger partial charge on any atom is 0.338 e. The summed E-state index contributed by atoms with van der Waals surface area (Å²) in [4.78, 5) is 12.8. The summed E-state index contributed by atoms with van der Waals surface area (Å²) in [7, 11) is 0. The number of hydrogen-bond acceptors (Lipinski definition) is 3. The molecule has 1 saturated heterocycles. The van der Waals surface area contributed by atoms with Gasteiger partial charge in [0, 0.05) is 24.7 Å². The zero-order chi connectivity index (χ0) is 19.9. The summed E-state index contributed by atoms with van der Waals surface area (Å²) in [6.07, 6.45) is 1.62. The van der Waals surface area contributed by atoms with Gasteiger partial charge in [0.2, 0.25) is 0 Å². The van der Waals surface area contributed by atoms with E-state index in [4.69, 9.17) is 9.47 Å². The number of fused-ring (bicyclic) bond motifs is 1. The second-order valence-electron chi connectivity index (χ2n) is 9.08. The highest BCUT2D eigenvalue weighted by molar-refractivity contribution is 5.90. The Labute approximate surface area is 167 Å². The van der Waals surface area contributed by atoms with Gasteiger partial charge in [0.1, 0.15) is 12.2 Å². The maximum absolute atomic E-state index is 12.8. The van der Waals surface area contributed by atoms with Gasteiger partial charge in [-0.3, -0.25) is 0 Å². The first-order valence-electron chi connectivity index (χ1n) is 10.0. The van der Waals surface area contributed by atoms with E-state index in [0.717, 1.165) is 29.7 Å². The lowest BCUT2D eigenvalue weighted by atomic mass is 9.73. The fraction of sp³-hybridized carbons (Fsp3) is 0.400. The second kappa shape index (κ2) is 7.12. The molecule has 2 aromatic rings. The monoisotopic (exact) mass is 376 g/mol. The van der Waals surface area contributed by atoms with Crippen LogP contribution >= 0.6 is 0 Å². The van der Waals surface area contributed by atoms with Gasteiger partial charge in [-0.05, 0) is 28.7 Å². The van der Waals surface area contributed by atoms with E-state index in [1.807, 2.05) is 42.5 Å². The third-order valence-corrected chi connectivity index (χ3v) is 6.07. The number of rotatable bonds is 3. The van der Waals surface area contributed by atoms with Crippen LogP contribution in [0.3, 0.4) is 0 Å². The van der Waals surface area contributed by atoms with Crippen LogP contribution in [0.4, 0.5) is 0 Å². The SMILES string of the molecule is C=C1C[C@@H]2[C@@H](C(C)(C)C)[C@H](OC(=O)c3ccc(-c4ccccc4)cc3)C[C@@H]2O1. The Hall–Kier alpha value is -2.55. The first-order valence-corrected chi connectivity index (χ1v) is 10.0. The highest BCUT2D eigenvalue weighted by Gasteiger charge is 2.54. The fourth-order valence-corrected chi connectivity index (χ4v) is 4.93. The maximum atomic E-state index is 12.8. The average Bonchev–Trinajstić information content (AvgIpc) is 3.17. The molecule has 0 bridgehead atoms. The smallest absolute Gasteiger partial charge is 0.338 e. The zero-order valence-electron chi connectivity index (χ0n) is 16.9. The number of ether oxygens (including phenoxy) is 2. The van der Waals surface area contributed by atoms with Crippen LogP contribution in [0.1, 0.15) is 44.0 Å². The van der Waals surface area contributed by atoms with E-state index in [-0.39, 0.29) is 29.5 Å². The van der Waals surface area contributed by atoms with Crippen molar-refractivity contribution in [1.29, 1.82) is 0 Å². The number of esters is 1. The Morgan fingerprint density at radius 3 is 2.32 bits per heavy atom. The normalized spacial score (nSPS) is 26.6. The minimum absolute atomic E-state index is 0.0372. The predicted octanol–water partition coefficient (Wildman–Crippen LogP) is 5.86. The van der Waals surface area contributed by atoms with Crippen molar-refractivity contribution in [3.8, 4) is 11.1 Å². The summed E-state index contributed by atoms with van der Waals surface area (Å²) in [5, 5.41) is 0. The molecule has 0 N–H and O–H groups in total. The molecule has 1 heterocycles. The van der Waals surface area contributed by atoms with E-state index in [0.29, 0.717) is 11.5 Å². The van der Waals surface area contributed by atoms with Gasteiger partial charge in [0.15, 0.2) is 0 Å². The molecule has 1 aliphatic carbocycles. The van der Waals surface area contributed by atoms with Gasteiger partial charge in [-0.1, -0.05) is 69.8 Å². The van der Waals surface area contributed by atoms with Crippen molar-refractivity contribution in [2.75, 3.05) is 0 Å². The quantitative estimate of drug-likeness (QED) is 0.629. The van der Waals surface area contributed by atoms with Crippen molar-refractivity contribution in [3.05, 3.63) is 72.5 Å². The molecular formula is C25H28O3. The summed E-state index contributed by atoms with van der Waals surface area (Å²) < 4.78 is 11.9. The molecule has 0 aromatic heterocycles. The van der Waals surface area contributed by atoms with Crippen molar-refractivity contribution in [2.24, 2.45) is 17.3 Å². The minimum Gasteiger partial charge on any atom is -0.495 e. The third-order valence-electron chi connectivity index (χ3n) is 6.07. The van der Waals surface area contributed by atoms with Gasteiger partial charge in [-0.2, -0.15) is 0 Å². The lowest BCUT2D eigenvalue weighted by Gasteiger charge is -2.34. The summed E-state index contributed by atoms with van der Waals surface area (Å²) in [6.45, 7) is 10.6. The molecular weight excluding hydrogens is 348 g/mol. The molecule has 0 amide bonds. The highest BCUT2D eigenvalue weighted by atomic mass is 16.6. The van der Waals surface area contributed by atoms with E-state index in [2.05, 4.69) is 39.5 Å². The Morgan fingerprint density at radius 1 is 1.04 bits per heavy atom. The Bertz CT molecular complexity index is 861. The molecule has 2 aromatic carbocycles. The topological polar surface area (TPSA) is 35.5 Å². The van der Waals surface area contributed by atoms with Crippen LogP contribution in [0.25, 0.3) is 11.1 Å². The van der Waals surface area contributed by atoms with Crippen molar-refractivity contribution in [3.63, 3.8) is 0 Å². The lowest BCUT2D eigenvalue weighted by molar-refractivity contribution is -0.00465. The average molecular weight is 376 g/mol. The molecule has 0 radical (unpaired) electrons. The van der Waals surface area contributed by atoms with Gasteiger partial charge in [-0.15, -0.1) is 0 Å². The second-order valence-corrected chi connectivity index (χ2v) is 9.08. The highest BCUT2D eigenvalue weighted by Crippen LogP contribution is 2.52. The van der Waals surface area contributed by atoms with Crippen molar-refractivity contribution in [2.45, 2.75) is 45.8 Å². The largest absolute Gasteiger partial charge is 0.495 e. The Morgan fingerprint density at radius 2 is 1.68 bits per heavy atom. The third kappa shape index (κ3) is 3.58. The van der Waals surface area contributed by atoms with E-state index in [9.17, 15) is 4.79 Å². The number of allylic oxidation sites excluding steroid dienone is 1. The molecule has 2 aliphatic rings. The molecule has 0 spiro atoms. The molecule has 3 heteroatoms. The number of hydrogen-bond donors (Lipinski definition) is 0. The molecule has 4 atom stereocenters. The summed E-state index contributed by atoms with van der Waals surface area (Å²) in [6, 6.07) is 17.8. The van der Waals surface area contributed by atoms with Crippen LogP contribution in [0.5, 0.6) is 0 Å². The summed E-state index contributed by atoms with van der Waals surface area (Å²) in [5.41, 5.74) is 2.85. The molecule has 2 fully saturated rings. The van der Waals surface area contributed by atoms with Gasteiger partial charge in [0.05, 0.1) is 11.3 Å². The first kappa shape index (κ1) is 18.8.